The van der Waals surface area contributed by atoms with Gasteiger partial charge in [0.05, 0.1) is 4.47 Å². The standard InChI is InChI=1S/C11H13BrFNO2/c1-11(2,3)16-10(15)14-7-4-5-9(13)8(12)6-7/h4-6H,1-3H3,(H,14,15). The van der Waals surface area contributed by atoms with E-state index in [0.29, 0.717) is 10.2 Å². The van der Waals surface area contributed by atoms with Crippen molar-refractivity contribution in [1.82, 2.24) is 0 Å². The average Bonchev–Trinajstić information content (AvgIpc) is 2.08. The number of ether oxygens (including phenoxy) is 1. The first-order valence-electron chi connectivity index (χ1n) is 4.73. The van der Waals surface area contributed by atoms with E-state index in [2.05, 4.69) is 21.2 Å². The number of nitrogens with one attached hydrogen (secondary N) is 1. The van der Waals surface area contributed by atoms with Crippen LogP contribution in [0.4, 0.5) is 14.9 Å². The minimum atomic E-state index is -0.564. The van der Waals surface area contributed by atoms with Gasteiger partial charge >= 0.3 is 6.09 Å². The highest BCUT2D eigenvalue weighted by atomic mass is 79.9. The number of rotatable bonds is 1. The summed E-state index contributed by atoms with van der Waals surface area (Å²) in [4.78, 5) is 11.4. The van der Waals surface area contributed by atoms with E-state index in [1.54, 1.807) is 20.8 Å². The van der Waals surface area contributed by atoms with Crippen molar-refractivity contribution < 1.29 is 13.9 Å². The maximum Gasteiger partial charge on any atom is 0.412 e. The maximum absolute atomic E-state index is 12.9. The molecule has 0 spiro atoms. The summed E-state index contributed by atoms with van der Waals surface area (Å²) in [6.07, 6.45) is -0.564. The molecule has 0 unspecified atom stereocenters. The molecular formula is C11H13BrFNO2. The summed E-state index contributed by atoms with van der Waals surface area (Å²) < 4.78 is 18.3. The number of amides is 1. The molecule has 88 valence electrons. The third-order valence-corrected chi connectivity index (χ3v) is 2.17. The van der Waals surface area contributed by atoms with Crippen LogP contribution in [0.15, 0.2) is 22.7 Å². The van der Waals surface area contributed by atoms with Crippen molar-refractivity contribution in [1.29, 1.82) is 0 Å². The summed E-state index contributed by atoms with van der Waals surface area (Å²) in [7, 11) is 0. The van der Waals surface area contributed by atoms with Gasteiger partial charge in [-0.25, -0.2) is 9.18 Å². The Labute approximate surface area is 102 Å². The molecule has 1 N–H and O–H groups in total. The van der Waals surface area contributed by atoms with Crippen molar-refractivity contribution in [2.75, 3.05) is 5.32 Å². The first-order valence-corrected chi connectivity index (χ1v) is 5.52. The first-order chi connectivity index (χ1) is 7.28. The summed E-state index contributed by atoms with van der Waals surface area (Å²) >= 11 is 3.03. The van der Waals surface area contributed by atoms with Crippen molar-refractivity contribution in [3.8, 4) is 0 Å². The van der Waals surface area contributed by atoms with Crippen LogP contribution in [-0.2, 0) is 4.74 Å². The molecule has 3 nitrogen and oxygen atoms in total. The Morgan fingerprint density at radius 2 is 2.06 bits per heavy atom. The third-order valence-electron chi connectivity index (χ3n) is 1.56. The van der Waals surface area contributed by atoms with Gasteiger partial charge in [0.2, 0.25) is 0 Å². The topological polar surface area (TPSA) is 38.3 Å². The Hall–Kier alpha value is -1.10. The number of halogens is 2. The molecular weight excluding hydrogens is 277 g/mol. The van der Waals surface area contributed by atoms with Crippen LogP contribution in [0.5, 0.6) is 0 Å². The van der Waals surface area contributed by atoms with Crippen LogP contribution >= 0.6 is 15.9 Å². The van der Waals surface area contributed by atoms with E-state index in [9.17, 15) is 9.18 Å². The number of carbonyl (C=O) groups excluding carboxylic acids is 1. The fraction of sp³-hybridized carbons (Fsp3) is 0.364. The van der Waals surface area contributed by atoms with E-state index < -0.39 is 11.7 Å². The molecule has 5 heteroatoms. The van der Waals surface area contributed by atoms with E-state index in [1.807, 2.05) is 0 Å². The summed E-state index contributed by atoms with van der Waals surface area (Å²) in [6.45, 7) is 5.31. The van der Waals surface area contributed by atoms with Gasteiger partial charge < -0.3 is 4.74 Å². The Morgan fingerprint density at radius 3 is 2.56 bits per heavy atom. The predicted octanol–water partition coefficient (Wildman–Crippen LogP) is 3.94. The van der Waals surface area contributed by atoms with Gasteiger partial charge in [-0.3, -0.25) is 5.32 Å². The molecule has 0 radical (unpaired) electrons. The largest absolute Gasteiger partial charge is 0.444 e. The minimum absolute atomic E-state index is 0.293. The molecule has 1 rings (SSSR count). The molecule has 1 amide bonds. The fourth-order valence-corrected chi connectivity index (χ4v) is 1.37. The molecule has 1 aromatic carbocycles. The Balaban J connectivity index is 2.67. The zero-order valence-electron chi connectivity index (χ0n) is 9.30. The summed E-state index contributed by atoms with van der Waals surface area (Å²) in [5.74, 6) is -0.380. The SMILES string of the molecule is CC(C)(C)OC(=O)Nc1ccc(F)c(Br)c1. The summed E-state index contributed by atoms with van der Waals surface area (Å²) in [5.41, 5.74) is -0.0797. The fourth-order valence-electron chi connectivity index (χ4n) is 0.995. The lowest BCUT2D eigenvalue weighted by atomic mass is 10.2. The van der Waals surface area contributed by atoms with Gasteiger partial charge in [0.15, 0.2) is 0 Å². The molecule has 0 aliphatic heterocycles. The zero-order chi connectivity index (χ0) is 12.3. The number of anilines is 1. The number of hydrogen-bond acceptors (Lipinski definition) is 2. The highest BCUT2D eigenvalue weighted by molar-refractivity contribution is 9.10. The third kappa shape index (κ3) is 4.18. The van der Waals surface area contributed by atoms with Crippen molar-refractivity contribution in [3.63, 3.8) is 0 Å². The molecule has 0 aliphatic rings. The van der Waals surface area contributed by atoms with Crippen LogP contribution < -0.4 is 5.32 Å². The lowest BCUT2D eigenvalue weighted by molar-refractivity contribution is 0.0636. The lowest BCUT2D eigenvalue weighted by Crippen LogP contribution is -2.27. The molecule has 1 aromatic rings. The Morgan fingerprint density at radius 1 is 1.44 bits per heavy atom. The van der Waals surface area contributed by atoms with Crippen LogP contribution in [0.3, 0.4) is 0 Å². The smallest absolute Gasteiger partial charge is 0.412 e. The van der Waals surface area contributed by atoms with E-state index in [0.717, 1.165) is 0 Å². The van der Waals surface area contributed by atoms with E-state index in [1.165, 1.54) is 18.2 Å². The molecule has 0 atom stereocenters. The van der Waals surface area contributed by atoms with Gasteiger partial charge in [0.25, 0.3) is 0 Å². The Bertz CT molecular complexity index is 401. The van der Waals surface area contributed by atoms with Crippen LogP contribution in [0.2, 0.25) is 0 Å². The average molecular weight is 290 g/mol. The molecule has 0 fully saturated rings. The van der Waals surface area contributed by atoms with Gasteiger partial charge in [-0.15, -0.1) is 0 Å². The van der Waals surface area contributed by atoms with Gasteiger partial charge in [-0.05, 0) is 54.9 Å². The predicted molar refractivity (Wildman–Crippen MR) is 64.0 cm³/mol. The number of hydrogen-bond donors (Lipinski definition) is 1. The van der Waals surface area contributed by atoms with Crippen molar-refractivity contribution in [2.45, 2.75) is 26.4 Å². The van der Waals surface area contributed by atoms with Gasteiger partial charge in [0.1, 0.15) is 11.4 Å². The highest BCUT2D eigenvalue weighted by Gasteiger charge is 2.16. The summed E-state index contributed by atoms with van der Waals surface area (Å²) in [6, 6.07) is 4.19. The van der Waals surface area contributed by atoms with E-state index in [4.69, 9.17) is 4.74 Å². The minimum Gasteiger partial charge on any atom is -0.444 e. The highest BCUT2D eigenvalue weighted by Crippen LogP contribution is 2.20. The van der Waals surface area contributed by atoms with Crippen molar-refractivity contribution in [3.05, 3.63) is 28.5 Å². The second-order valence-corrected chi connectivity index (χ2v) is 5.11. The quantitative estimate of drug-likeness (QED) is 0.850. The van der Waals surface area contributed by atoms with E-state index >= 15 is 0 Å². The molecule has 0 saturated heterocycles. The van der Waals surface area contributed by atoms with Gasteiger partial charge in [-0.1, -0.05) is 0 Å². The molecule has 0 saturated carbocycles. The second kappa shape index (κ2) is 4.82. The molecule has 0 heterocycles. The van der Waals surface area contributed by atoms with Crippen molar-refractivity contribution in [2.24, 2.45) is 0 Å². The summed E-state index contributed by atoms with van der Waals surface area (Å²) in [5, 5.41) is 2.51. The lowest BCUT2D eigenvalue weighted by Gasteiger charge is -2.19. The monoisotopic (exact) mass is 289 g/mol. The van der Waals surface area contributed by atoms with Gasteiger partial charge in [-0.2, -0.15) is 0 Å². The number of carbonyl (C=O) groups is 1. The molecule has 0 aromatic heterocycles. The van der Waals surface area contributed by atoms with Crippen molar-refractivity contribution >= 4 is 27.7 Å². The van der Waals surface area contributed by atoms with Crippen LogP contribution in [-0.4, -0.2) is 11.7 Å². The maximum atomic E-state index is 12.9. The zero-order valence-corrected chi connectivity index (χ0v) is 10.9. The molecule has 0 aliphatic carbocycles. The van der Waals surface area contributed by atoms with Crippen LogP contribution in [0.25, 0.3) is 0 Å². The first kappa shape index (κ1) is 13.0. The Kier molecular flexibility index (Phi) is 3.91. The molecule has 0 bridgehead atoms. The van der Waals surface area contributed by atoms with Gasteiger partial charge in [0, 0.05) is 5.69 Å². The molecule has 16 heavy (non-hydrogen) atoms. The van der Waals surface area contributed by atoms with E-state index in [-0.39, 0.29) is 5.82 Å². The van der Waals surface area contributed by atoms with Crippen LogP contribution in [0, 0.1) is 5.82 Å². The number of benzene rings is 1. The van der Waals surface area contributed by atoms with Crippen LogP contribution in [0.1, 0.15) is 20.8 Å². The normalized spacial score (nSPS) is 11.1. The second-order valence-electron chi connectivity index (χ2n) is 4.26.